The van der Waals surface area contributed by atoms with Crippen LogP contribution in [0.2, 0.25) is 5.28 Å². The molecule has 92 valence electrons. The summed E-state index contributed by atoms with van der Waals surface area (Å²) in [5.74, 6) is -0.0305. The first kappa shape index (κ1) is 12.8. The first-order valence-corrected chi connectivity index (χ1v) is 6.08. The van der Waals surface area contributed by atoms with Crippen LogP contribution in [0.4, 0.5) is 11.5 Å². The monoisotopic (exact) mass is 326 g/mol. The molecule has 0 radical (unpaired) electrons. The molecule has 0 saturated carbocycles. The SMILES string of the molecule is Nc1cc(Br)ccc1C(=O)Nc1ccnc(Cl)n1. The zero-order valence-electron chi connectivity index (χ0n) is 9.02. The van der Waals surface area contributed by atoms with Crippen LogP contribution in [0.5, 0.6) is 0 Å². The summed E-state index contributed by atoms with van der Waals surface area (Å²) < 4.78 is 0.807. The first-order valence-electron chi connectivity index (χ1n) is 4.91. The normalized spacial score (nSPS) is 10.1. The largest absolute Gasteiger partial charge is 0.398 e. The summed E-state index contributed by atoms with van der Waals surface area (Å²) in [7, 11) is 0. The van der Waals surface area contributed by atoms with Crippen LogP contribution in [-0.4, -0.2) is 15.9 Å². The summed E-state index contributed by atoms with van der Waals surface area (Å²) in [5, 5.41) is 2.66. The summed E-state index contributed by atoms with van der Waals surface area (Å²) >= 11 is 8.89. The van der Waals surface area contributed by atoms with Crippen molar-refractivity contribution in [3.8, 4) is 0 Å². The number of carbonyl (C=O) groups is 1. The van der Waals surface area contributed by atoms with Crippen molar-refractivity contribution in [3.63, 3.8) is 0 Å². The minimum atomic E-state index is -0.352. The van der Waals surface area contributed by atoms with E-state index in [1.165, 1.54) is 6.20 Å². The van der Waals surface area contributed by atoms with Crippen molar-refractivity contribution in [3.05, 3.63) is 45.8 Å². The second kappa shape index (κ2) is 5.32. The van der Waals surface area contributed by atoms with Gasteiger partial charge in [0.25, 0.3) is 5.91 Å². The number of nitrogens with one attached hydrogen (secondary N) is 1. The molecule has 5 nitrogen and oxygen atoms in total. The third kappa shape index (κ3) is 2.96. The lowest BCUT2D eigenvalue weighted by molar-refractivity contribution is 0.102. The van der Waals surface area contributed by atoms with Crippen LogP contribution in [-0.2, 0) is 0 Å². The summed E-state index contributed by atoms with van der Waals surface area (Å²) in [6.45, 7) is 0. The van der Waals surface area contributed by atoms with Crippen molar-refractivity contribution in [1.82, 2.24) is 9.97 Å². The fraction of sp³-hybridized carbons (Fsp3) is 0. The van der Waals surface area contributed by atoms with E-state index in [1.807, 2.05) is 0 Å². The Kier molecular flexibility index (Phi) is 3.78. The number of nitrogens with zero attached hydrogens (tertiary/aromatic N) is 2. The lowest BCUT2D eigenvalue weighted by atomic mass is 10.1. The summed E-state index contributed by atoms with van der Waals surface area (Å²) in [6, 6.07) is 6.55. The smallest absolute Gasteiger partial charge is 0.258 e. The Bertz CT molecular complexity index is 605. The van der Waals surface area contributed by atoms with E-state index in [4.69, 9.17) is 17.3 Å². The van der Waals surface area contributed by atoms with Gasteiger partial charge in [-0.3, -0.25) is 4.79 Å². The fourth-order valence-corrected chi connectivity index (χ4v) is 1.85. The molecule has 1 aromatic carbocycles. The minimum absolute atomic E-state index is 0.0663. The molecule has 0 spiro atoms. The van der Waals surface area contributed by atoms with Crippen LogP contribution in [0.3, 0.4) is 0 Å². The number of amides is 1. The molecule has 1 heterocycles. The average Bonchev–Trinajstić information content (AvgIpc) is 2.28. The van der Waals surface area contributed by atoms with Gasteiger partial charge in [0.05, 0.1) is 5.56 Å². The van der Waals surface area contributed by atoms with Gasteiger partial charge in [-0.2, -0.15) is 0 Å². The van der Waals surface area contributed by atoms with Crippen molar-refractivity contribution in [2.45, 2.75) is 0 Å². The molecule has 0 atom stereocenters. The van der Waals surface area contributed by atoms with Crippen molar-refractivity contribution < 1.29 is 4.79 Å². The maximum absolute atomic E-state index is 11.9. The van der Waals surface area contributed by atoms with Gasteiger partial charge in [-0.1, -0.05) is 15.9 Å². The fourth-order valence-electron chi connectivity index (χ4n) is 1.33. The van der Waals surface area contributed by atoms with E-state index >= 15 is 0 Å². The molecule has 1 amide bonds. The third-order valence-corrected chi connectivity index (χ3v) is 2.80. The molecule has 1 aromatic heterocycles. The Morgan fingerprint density at radius 2 is 2.17 bits per heavy atom. The molecule has 0 unspecified atom stereocenters. The summed E-state index contributed by atoms with van der Waals surface area (Å²) in [6.07, 6.45) is 1.45. The maximum Gasteiger partial charge on any atom is 0.258 e. The summed E-state index contributed by atoms with van der Waals surface area (Å²) in [4.78, 5) is 19.5. The van der Waals surface area contributed by atoms with Gasteiger partial charge < -0.3 is 11.1 Å². The Labute approximate surface area is 117 Å². The van der Waals surface area contributed by atoms with Crippen LogP contribution < -0.4 is 11.1 Å². The molecule has 0 aliphatic heterocycles. The number of aromatic nitrogens is 2. The molecule has 0 aliphatic carbocycles. The second-order valence-electron chi connectivity index (χ2n) is 3.40. The van der Waals surface area contributed by atoms with Crippen LogP contribution in [0, 0.1) is 0 Å². The first-order chi connectivity index (χ1) is 8.56. The molecule has 0 bridgehead atoms. The van der Waals surface area contributed by atoms with E-state index in [9.17, 15) is 4.79 Å². The van der Waals surface area contributed by atoms with Crippen LogP contribution in [0.25, 0.3) is 0 Å². The van der Waals surface area contributed by atoms with Crippen molar-refractivity contribution >= 4 is 44.9 Å². The minimum Gasteiger partial charge on any atom is -0.398 e. The molecular weight excluding hydrogens is 320 g/mol. The Balaban J connectivity index is 2.22. The third-order valence-electron chi connectivity index (χ3n) is 2.13. The van der Waals surface area contributed by atoms with E-state index in [2.05, 4.69) is 31.2 Å². The zero-order chi connectivity index (χ0) is 13.1. The van der Waals surface area contributed by atoms with E-state index in [0.717, 1.165) is 4.47 Å². The Morgan fingerprint density at radius 3 is 2.83 bits per heavy atom. The number of carbonyl (C=O) groups excluding carboxylic acids is 1. The summed E-state index contributed by atoms with van der Waals surface area (Å²) in [5.41, 5.74) is 6.50. The topological polar surface area (TPSA) is 80.9 Å². The highest BCUT2D eigenvalue weighted by Crippen LogP contribution is 2.19. The maximum atomic E-state index is 11.9. The number of hydrogen-bond donors (Lipinski definition) is 2. The van der Waals surface area contributed by atoms with Gasteiger partial charge in [0, 0.05) is 16.4 Å². The predicted octanol–water partition coefficient (Wildman–Crippen LogP) is 2.73. The van der Waals surface area contributed by atoms with E-state index < -0.39 is 0 Å². The number of hydrogen-bond acceptors (Lipinski definition) is 4. The van der Waals surface area contributed by atoms with E-state index in [0.29, 0.717) is 17.1 Å². The number of anilines is 2. The van der Waals surface area contributed by atoms with Gasteiger partial charge in [0.1, 0.15) is 5.82 Å². The number of nitrogens with two attached hydrogens (primary N) is 1. The second-order valence-corrected chi connectivity index (χ2v) is 4.65. The number of rotatable bonds is 2. The molecule has 7 heteroatoms. The molecule has 2 rings (SSSR count). The molecule has 0 saturated heterocycles. The number of benzene rings is 1. The number of halogens is 2. The molecular formula is C11H8BrClN4O. The van der Waals surface area contributed by atoms with Gasteiger partial charge in [-0.25, -0.2) is 9.97 Å². The quantitative estimate of drug-likeness (QED) is 0.656. The van der Waals surface area contributed by atoms with Gasteiger partial charge in [0.2, 0.25) is 5.28 Å². The zero-order valence-corrected chi connectivity index (χ0v) is 11.4. The Hall–Kier alpha value is -1.66. The highest BCUT2D eigenvalue weighted by molar-refractivity contribution is 9.10. The lowest BCUT2D eigenvalue weighted by Gasteiger charge is -2.07. The molecule has 2 aromatic rings. The van der Waals surface area contributed by atoms with Gasteiger partial charge in [-0.05, 0) is 35.9 Å². The van der Waals surface area contributed by atoms with Crippen molar-refractivity contribution in [2.75, 3.05) is 11.1 Å². The lowest BCUT2D eigenvalue weighted by Crippen LogP contribution is -2.15. The molecule has 0 aliphatic rings. The highest BCUT2D eigenvalue weighted by Gasteiger charge is 2.11. The van der Waals surface area contributed by atoms with E-state index in [1.54, 1.807) is 24.3 Å². The van der Waals surface area contributed by atoms with Crippen molar-refractivity contribution in [1.29, 1.82) is 0 Å². The Morgan fingerprint density at radius 1 is 1.39 bits per heavy atom. The van der Waals surface area contributed by atoms with E-state index in [-0.39, 0.29) is 11.2 Å². The molecule has 0 fully saturated rings. The van der Waals surface area contributed by atoms with Crippen molar-refractivity contribution in [2.24, 2.45) is 0 Å². The highest BCUT2D eigenvalue weighted by atomic mass is 79.9. The number of nitrogen functional groups attached to an aromatic ring is 1. The predicted molar refractivity (Wildman–Crippen MR) is 73.5 cm³/mol. The molecule has 3 N–H and O–H groups in total. The van der Waals surface area contributed by atoms with Crippen LogP contribution in [0.15, 0.2) is 34.9 Å². The van der Waals surface area contributed by atoms with Gasteiger partial charge in [-0.15, -0.1) is 0 Å². The standard InChI is InChI=1S/C11H8BrClN4O/c12-6-1-2-7(8(14)5-6)10(18)16-9-3-4-15-11(13)17-9/h1-5H,14H2,(H,15,16,17,18). The molecule has 18 heavy (non-hydrogen) atoms. The van der Waals surface area contributed by atoms with Crippen LogP contribution >= 0.6 is 27.5 Å². The average molecular weight is 328 g/mol. The van der Waals surface area contributed by atoms with Crippen LogP contribution in [0.1, 0.15) is 10.4 Å². The van der Waals surface area contributed by atoms with Gasteiger partial charge in [0.15, 0.2) is 0 Å². The van der Waals surface area contributed by atoms with Gasteiger partial charge >= 0.3 is 0 Å².